The third-order valence-corrected chi connectivity index (χ3v) is 6.58. The van der Waals surface area contributed by atoms with Gasteiger partial charge in [-0.15, -0.1) is 0 Å². The van der Waals surface area contributed by atoms with Crippen molar-refractivity contribution in [1.82, 2.24) is 9.80 Å². The first-order valence-corrected chi connectivity index (χ1v) is 11.7. The first kappa shape index (κ1) is 26.4. The molecule has 0 aliphatic carbocycles. The monoisotopic (exact) mass is 515 g/mol. The minimum absolute atomic E-state index is 0.0180. The zero-order chi connectivity index (χ0) is 24.9. The molecule has 0 saturated carbocycles. The molecule has 1 heterocycles. The number of nitrogens with zero attached hydrogens (tertiary/aromatic N) is 2. The lowest BCUT2D eigenvalue weighted by molar-refractivity contribution is -0.136. The molecule has 1 fully saturated rings. The van der Waals surface area contributed by atoms with Crippen molar-refractivity contribution in [2.75, 3.05) is 46.2 Å². The van der Waals surface area contributed by atoms with Crippen molar-refractivity contribution in [2.45, 2.75) is 31.5 Å². The van der Waals surface area contributed by atoms with Crippen molar-refractivity contribution in [3.63, 3.8) is 0 Å². The Kier molecular flexibility index (Phi) is 8.89. The van der Waals surface area contributed by atoms with E-state index in [9.17, 15) is 13.2 Å². The van der Waals surface area contributed by atoms with Crippen molar-refractivity contribution in [3.8, 4) is 11.5 Å². The average molecular weight is 516 g/mol. The smallest absolute Gasteiger partial charge is 0.418 e. The van der Waals surface area contributed by atoms with Crippen molar-refractivity contribution in [3.05, 3.63) is 52.5 Å². The van der Waals surface area contributed by atoms with Gasteiger partial charge in [0.15, 0.2) is 16.6 Å². The highest BCUT2D eigenvalue weighted by Crippen LogP contribution is 2.37. The minimum Gasteiger partial charge on any atom is -0.493 e. The SMILES string of the molecule is COc1ccc(CCN(C(=S)Nc2ccc(Cl)cc2C(F)(F)F)C2CCN(C)CC2)cc1OC. The molecule has 10 heteroatoms. The molecule has 3 rings (SSSR count). The predicted octanol–water partition coefficient (Wildman–Crippen LogP) is 5.71. The molecule has 0 radical (unpaired) electrons. The lowest BCUT2D eigenvalue weighted by atomic mass is 10.0. The highest BCUT2D eigenvalue weighted by Gasteiger charge is 2.34. The van der Waals surface area contributed by atoms with Gasteiger partial charge < -0.3 is 24.6 Å². The van der Waals surface area contributed by atoms with Gasteiger partial charge in [0.1, 0.15) is 0 Å². The van der Waals surface area contributed by atoms with Crippen LogP contribution in [0.4, 0.5) is 18.9 Å². The topological polar surface area (TPSA) is 37.0 Å². The molecule has 0 spiro atoms. The summed E-state index contributed by atoms with van der Waals surface area (Å²) in [5.74, 6) is 1.26. The highest BCUT2D eigenvalue weighted by atomic mass is 35.5. The van der Waals surface area contributed by atoms with E-state index < -0.39 is 11.7 Å². The van der Waals surface area contributed by atoms with E-state index >= 15 is 0 Å². The second-order valence-corrected chi connectivity index (χ2v) is 9.11. The zero-order valence-electron chi connectivity index (χ0n) is 19.4. The Balaban J connectivity index is 1.82. The van der Waals surface area contributed by atoms with E-state index in [-0.39, 0.29) is 21.9 Å². The number of piperidine rings is 1. The highest BCUT2D eigenvalue weighted by molar-refractivity contribution is 7.80. The van der Waals surface area contributed by atoms with Crippen LogP contribution >= 0.6 is 23.8 Å². The van der Waals surface area contributed by atoms with Crippen LogP contribution in [0.2, 0.25) is 5.02 Å². The van der Waals surface area contributed by atoms with Crippen LogP contribution in [0.15, 0.2) is 36.4 Å². The summed E-state index contributed by atoms with van der Waals surface area (Å²) in [5.41, 5.74) is 0.0670. The molecule has 0 unspecified atom stereocenters. The van der Waals surface area contributed by atoms with Gasteiger partial charge in [-0.2, -0.15) is 13.2 Å². The molecule has 0 aromatic heterocycles. The molecular weight excluding hydrogens is 487 g/mol. The summed E-state index contributed by atoms with van der Waals surface area (Å²) in [4.78, 5) is 4.24. The largest absolute Gasteiger partial charge is 0.493 e. The van der Waals surface area contributed by atoms with Crippen LogP contribution in [-0.2, 0) is 12.6 Å². The summed E-state index contributed by atoms with van der Waals surface area (Å²) in [5, 5.41) is 3.13. The van der Waals surface area contributed by atoms with Gasteiger partial charge in [0.25, 0.3) is 0 Å². The summed E-state index contributed by atoms with van der Waals surface area (Å²) < 4.78 is 51.5. The van der Waals surface area contributed by atoms with E-state index in [1.807, 2.05) is 23.1 Å². The molecule has 2 aromatic rings. The van der Waals surface area contributed by atoms with Crippen LogP contribution < -0.4 is 14.8 Å². The average Bonchev–Trinajstić information content (AvgIpc) is 2.80. The third-order valence-electron chi connectivity index (χ3n) is 6.01. The van der Waals surface area contributed by atoms with Gasteiger partial charge in [0.2, 0.25) is 0 Å². The summed E-state index contributed by atoms with van der Waals surface area (Å²) in [7, 11) is 5.22. The zero-order valence-corrected chi connectivity index (χ0v) is 21.0. The first-order valence-electron chi connectivity index (χ1n) is 11.0. The van der Waals surface area contributed by atoms with Crippen LogP contribution in [0.5, 0.6) is 11.5 Å². The number of halogens is 4. The number of rotatable bonds is 7. The van der Waals surface area contributed by atoms with Crippen LogP contribution in [0.3, 0.4) is 0 Å². The minimum atomic E-state index is -4.55. The maximum atomic E-state index is 13.6. The van der Waals surface area contributed by atoms with E-state index in [0.29, 0.717) is 24.5 Å². The number of anilines is 1. The predicted molar refractivity (Wildman–Crippen MR) is 133 cm³/mol. The fourth-order valence-electron chi connectivity index (χ4n) is 4.09. The molecule has 0 atom stereocenters. The van der Waals surface area contributed by atoms with Gasteiger partial charge in [0, 0.05) is 17.6 Å². The van der Waals surface area contributed by atoms with E-state index in [4.69, 9.17) is 33.3 Å². The van der Waals surface area contributed by atoms with Crippen LogP contribution in [-0.4, -0.2) is 61.9 Å². The van der Waals surface area contributed by atoms with Crippen molar-refractivity contribution < 1.29 is 22.6 Å². The number of ether oxygens (including phenoxy) is 2. The Hall–Kier alpha value is -2.23. The molecule has 0 bridgehead atoms. The molecular formula is C24H29ClF3N3O2S. The fraction of sp³-hybridized carbons (Fsp3) is 0.458. The standard InChI is InChI=1S/C24H29ClF3N3O2S/c1-30-11-9-18(10-12-30)31(13-8-16-4-7-21(32-2)22(14-16)33-3)23(34)29-20-6-5-17(25)15-19(20)24(26,27)28/h4-7,14-15,18H,8-13H2,1-3H3,(H,29,34). The maximum absolute atomic E-state index is 13.6. The second-order valence-electron chi connectivity index (χ2n) is 8.28. The van der Waals surface area contributed by atoms with E-state index in [1.165, 1.54) is 12.1 Å². The van der Waals surface area contributed by atoms with E-state index in [2.05, 4.69) is 17.3 Å². The summed E-state index contributed by atoms with van der Waals surface area (Å²) in [6, 6.07) is 9.47. The van der Waals surface area contributed by atoms with Gasteiger partial charge in [0.05, 0.1) is 25.5 Å². The summed E-state index contributed by atoms with van der Waals surface area (Å²) in [6.45, 7) is 2.34. The molecule has 1 aliphatic heterocycles. The maximum Gasteiger partial charge on any atom is 0.418 e. The van der Waals surface area contributed by atoms with Gasteiger partial charge in [-0.1, -0.05) is 17.7 Å². The van der Waals surface area contributed by atoms with Gasteiger partial charge in [-0.3, -0.25) is 0 Å². The molecule has 1 saturated heterocycles. The quantitative estimate of drug-likeness (QED) is 0.476. The van der Waals surface area contributed by atoms with Gasteiger partial charge >= 0.3 is 6.18 Å². The van der Waals surface area contributed by atoms with Crippen molar-refractivity contribution >= 4 is 34.6 Å². The second kappa shape index (κ2) is 11.5. The number of hydrogen-bond acceptors (Lipinski definition) is 4. The summed E-state index contributed by atoms with van der Waals surface area (Å²) >= 11 is 11.5. The number of alkyl halides is 3. The molecule has 5 nitrogen and oxygen atoms in total. The van der Waals surface area contributed by atoms with Gasteiger partial charge in [-0.05, 0) is 87.5 Å². The Labute approximate surface area is 208 Å². The number of nitrogens with one attached hydrogen (secondary N) is 1. The lowest BCUT2D eigenvalue weighted by Gasteiger charge is -2.39. The Morgan fingerprint density at radius 1 is 1.12 bits per heavy atom. The number of likely N-dealkylation sites (tertiary alicyclic amines) is 1. The number of thiocarbonyl (C=S) groups is 1. The molecule has 0 amide bonds. The normalized spacial score (nSPS) is 15.1. The Morgan fingerprint density at radius 2 is 1.79 bits per heavy atom. The molecule has 186 valence electrons. The van der Waals surface area contributed by atoms with Crippen LogP contribution in [0.1, 0.15) is 24.0 Å². The fourth-order valence-corrected chi connectivity index (χ4v) is 4.61. The first-order chi connectivity index (χ1) is 16.1. The van der Waals surface area contributed by atoms with Crippen molar-refractivity contribution in [2.24, 2.45) is 0 Å². The van der Waals surface area contributed by atoms with E-state index in [0.717, 1.165) is 37.6 Å². The molecule has 34 heavy (non-hydrogen) atoms. The van der Waals surface area contributed by atoms with Gasteiger partial charge in [-0.25, -0.2) is 0 Å². The number of benzene rings is 2. The van der Waals surface area contributed by atoms with Crippen molar-refractivity contribution in [1.29, 1.82) is 0 Å². The third kappa shape index (κ3) is 6.67. The molecule has 1 aliphatic rings. The Morgan fingerprint density at radius 3 is 2.41 bits per heavy atom. The van der Waals surface area contributed by atoms with E-state index in [1.54, 1.807) is 14.2 Å². The van der Waals surface area contributed by atoms with Crippen LogP contribution in [0, 0.1) is 0 Å². The molecule has 1 N–H and O–H groups in total. The summed E-state index contributed by atoms with van der Waals surface area (Å²) in [6.07, 6.45) is -2.17. The molecule has 2 aromatic carbocycles. The Bertz CT molecular complexity index is 998. The lowest BCUT2D eigenvalue weighted by Crippen LogP contribution is -2.48. The number of hydrogen-bond donors (Lipinski definition) is 1. The number of methoxy groups -OCH3 is 2. The van der Waals surface area contributed by atoms with Crippen LogP contribution in [0.25, 0.3) is 0 Å².